The van der Waals surface area contributed by atoms with E-state index in [0.29, 0.717) is 17.6 Å². The van der Waals surface area contributed by atoms with Crippen LogP contribution in [0.1, 0.15) is 44.9 Å². The van der Waals surface area contributed by atoms with E-state index in [9.17, 15) is 4.79 Å². The topological polar surface area (TPSA) is 43.1 Å². The molecule has 0 aliphatic heterocycles. The Morgan fingerprint density at radius 3 is 2.23 bits per heavy atom. The van der Waals surface area contributed by atoms with Gasteiger partial charge in [-0.3, -0.25) is 4.79 Å². The highest BCUT2D eigenvalue weighted by Gasteiger charge is 2.36. The molecule has 13 heavy (non-hydrogen) atoms. The number of ketones is 1. The minimum atomic E-state index is -0.132. The first-order valence-electron chi connectivity index (χ1n) is 5.58. The van der Waals surface area contributed by atoms with Gasteiger partial charge >= 0.3 is 0 Å². The average Bonchev–Trinajstić information content (AvgIpc) is 3.00. The van der Waals surface area contributed by atoms with Crippen LogP contribution < -0.4 is 5.73 Å². The van der Waals surface area contributed by atoms with Gasteiger partial charge in [0, 0.05) is 5.92 Å². The molecule has 2 nitrogen and oxygen atoms in total. The monoisotopic (exact) mass is 181 g/mol. The molecule has 2 heteroatoms. The molecule has 2 fully saturated rings. The maximum absolute atomic E-state index is 11.7. The summed E-state index contributed by atoms with van der Waals surface area (Å²) in [6.45, 7) is 0. The predicted octanol–water partition coefficient (Wildman–Crippen LogP) is 1.87. The Labute approximate surface area is 79.9 Å². The second-order valence-electron chi connectivity index (χ2n) is 4.60. The van der Waals surface area contributed by atoms with Gasteiger partial charge in [-0.2, -0.15) is 0 Å². The molecule has 2 aliphatic carbocycles. The predicted molar refractivity (Wildman–Crippen MR) is 52.3 cm³/mol. The van der Waals surface area contributed by atoms with Crippen molar-refractivity contribution in [1.29, 1.82) is 0 Å². The molecule has 0 bridgehead atoms. The van der Waals surface area contributed by atoms with E-state index in [2.05, 4.69) is 0 Å². The number of carbonyl (C=O) groups is 1. The summed E-state index contributed by atoms with van der Waals surface area (Å²) < 4.78 is 0. The van der Waals surface area contributed by atoms with Crippen LogP contribution in [-0.2, 0) is 4.79 Å². The van der Waals surface area contributed by atoms with Gasteiger partial charge in [-0.25, -0.2) is 0 Å². The van der Waals surface area contributed by atoms with Gasteiger partial charge in [0.25, 0.3) is 0 Å². The van der Waals surface area contributed by atoms with Gasteiger partial charge in [0.15, 0.2) is 5.78 Å². The lowest BCUT2D eigenvalue weighted by atomic mass is 9.82. The molecular weight excluding hydrogens is 162 g/mol. The van der Waals surface area contributed by atoms with Crippen molar-refractivity contribution in [2.24, 2.45) is 17.6 Å². The summed E-state index contributed by atoms with van der Waals surface area (Å²) in [5.41, 5.74) is 5.98. The first-order chi connectivity index (χ1) is 6.29. The van der Waals surface area contributed by atoms with Gasteiger partial charge in [0.1, 0.15) is 0 Å². The Morgan fingerprint density at radius 2 is 1.69 bits per heavy atom. The number of rotatable bonds is 3. The summed E-state index contributed by atoms with van der Waals surface area (Å²) in [7, 11) is 0. The molecule has 0 amide bonds. The van der Waals surface area contributed by atoms with Gasteiger partial charge in [-0.15, -0.1) is 0 Å². The Morgan fingerprint density at radius 1 is 1.08 bits per heavy atom. The quantitative estimate of drug-likeness (QED) is 0.722. The minimum absolute atomic E-state index is 0.132. The van der Waals surface area contributed by atoms with Crippen LogP contribution in [0.15, 0.2) is 0 Å². The third-order valence-corrected chi connectivity index (χ3v) is 3.47. The molecule has 2 aliphatic rings. The Bertz CT molecular complexity index is 192. The van der Waals surface area contributed by atoms with Gasteiger partial charge in [-0.1, -0.05) is 19.3 Å². The maximum atomic E-state index is 11.7. The van der Waals surface area contributed by atoms with Gasteiger partial charge in [-0.05, 0) is 31.6 Å². The SMILES string of the molecule is N[C@H](C(=O)C1CC1)C1CCCCC1. The van der Waals surface area contributed by atoms with Gasteiger partial charge in [0.2, 0.25) is 0 Å². The molecule has 0 spiro atoms. The molecule has 0 radical (unpaired) electrons. The van der Waals surface area contributed by atoms with E-state index in [4.69, 9.17) is 5.73 Å². The normalized spacial score (nSPS) is 27.2. The molecule has 0 heterocycles. The van der Waals surface area contributed by atoms with E-state index in [0.717, 1.165) is 12.8 Å². The molecule has 2 N–H and O–H groups in total. The highest BCUT2D eigenvalue weighted by Crippen LogP contribution is 2.34. The lowest BCUT2D eigenvalue weighted by molar-refractivity contribution is -0.122. The maximum Gasteiger partial charge on any atom is 0.152 e. The third kappa shape index (κ3) is 2.11. The Kier molecular flexibility index (Phi) is 2.68. The van der Waals surface area contributed by atoms with Crippen LogP contribution in [-0.4, -0.2) is 11.8 Å². The molecule has 0 aromatic heterocycles. The van der Waals surface area contributed by atoms with E-state index >= 15 is 0 Å². The molecule has 0 unspecified atom stereocenters. The summed E-state index contributed by atoms with van der Waals surface area (Å²) in [6.07, 6.45) is 8.44. The fourth-order valence-electron chi connectivity index (χ4n) is 2.37. The van der Waals surface area contributed by atoms with Crippen molar-refractivity contribution in [2.45, 2.75) is 51.0 Å². The molecule has 2 saturated carbocycles. The Hall–Kier alpha value is -0.370. The van der Waals surface area contributed by atoms with Crippen LogP contribution in [0.2, 0.25) is 0 Å². The van der Waals surface area contributed by atoms with Crippen molar-refractivity contribution >= 4 is 5.78 Å². The molecule has 1 atom stereocenters. The molecule has 0 aromatic carbocycles. The molecule has 74 valence electrons. The zero-order chi connectivity index (χ0) is 9.26. The smallest absolute Gasteiger partial charge is 0.152 e. The Balaban J connectivity index is 1.86. The second-order valence-corrected chi connectivity index (χ2v) is 4.60. The van der Waals surface area contributed by atoms with Gasteiger partial charge in [0.05, 0.1) is 6.04 Å². The number of hydrogen-bond donors (Lipinski definition) is 1. The standard InChI is InChI=1S/C11H19NO/c12-10(11(13)9-6-7-9)8-4-2-1-3-5-8/h8-10H,1-7,12H2/t10-/m0/s1. The lowest BCUT2D eigenvalue weighted by Crippen LogP contribution is -2.40. The lowest BCUT2D eigenvalue weighted by Gasteiger charge is -2.26. The summed E-state index contributed by atoms with van der Waals surface area (Å²) in [5.74, 6) is 1.20. The van der Waals surface area contributed by atoms with Crippen LogP contribution in [0.5, 0.6) is 0 Å². The molecule has 0 aromatic rings. The molecule has 0 saturated heterocycles. The van der Waals surface area contributed by atoms with Crippen molar-refractivity contribution in [1.82, 2.24) is 0 Å². The van der Waals surface area contributed by atoms with E-state index < -0.39 is 0 Å². The van der Waals surface area contributed by atoms with Crippen molar-refractivity contribution < 1.29 is 4.79 Å². The second kappa shape index (κ2) is 3.79. The van der Waals surface area contributed by atoms with Gasteiger partial charge < -0.3 is 5.73 Å². The van der Waals surface area contributed by atoms with E-state index in [1.807, 2.05) is 0 Å². The summed E-state index contributed by atoms with van der Waals surface area (Å²) in [4.78, 5) is 11.7. The van der Waals surface area contributed by atoms with Crippen LogP contribution >= 0.6 is 0 Å². The van der Waals surface area contributed by atoms with Crippen LogP contribution in [0.3, 0.4) is 0 Å². The van der Waals surface area contributed by atoms with E-state index in [1.165, 1.54) is 32.1 Å². The highest BCUT2D eigenvalue weighted by molar-refractivity contribution is 5.88. The molecular formula is C11H19NO. The third-order valence-electron chi connectivity index (χ3n) is 3.47. The number of nitrogens with two attached hydrogens (primary N) is 1. The average molecular weight is 181 g/mol. The van der Waals surface area contributed by atoms with Crippen molar-refractivity contribution in [3.05, 3.63) is 0 Å². The highest BCUT2D eigenvalue weighted by atomic mass is 16.1. The van der Waals surface area contributed by atoms with Crippen LogP contribution in [0.25, 0.3) is 0 Å². The zero-order valence-corrected chi connectivity index (χ0v) is 8.17. The first kappa shape index (κ1) is 9.20. The number of carbonyl (C=O) groups excluding carboxylic acids is 1. The largest absolute Gasteiger partial charge is 0.321 e. The summed E-state index contributed by atoms with van der Waals surface area (Å²) in [6, 6.07) is -0.132. The number of Topliss-reactive ketones (excluding diaryl/α,β-unsaturated/α-hetero) is 1. The fraction of sp³-hybridized carbons (Fsp3) is 0.909. The van der Waals surface area contributed by atoms with E-state index in [1.54, 1.807) is 0 Å². The van der Waals surface area contributed by atoms with Crippen molar-refractivity contribution in [2.75, 3.05) is 0 Å². The number of hydrogen-bond acceptors (Lipinski definition) is 2. The molecule has 2 rings (SSSR count). The van der Waals surface area contributed by atoms with Crippen LogP contribution in [0, 0.1) is 11.8 Å². The zero-order valence-electron chi connectivity index (χ0n) is 8.17. The van der Waals surface area contributed by atoms with E-state index in [-0.39, 0.29) is 6.04 Å². The van der Waals surface area contributed by atoms with Crippen molar-refractivity contribution in [3.8, 4) is 0 Å². The minimum Gasteiger partial charge on any atom is -0.321 e. The summed E-state index contributed by atoms with van der Waals surface area (Å²) >= 11 is 0. The van der Waals surface area contributed by atoms with Crippen molar-refractivity contribution in [3.63, 3.8) is 0 Å². The summed E-state index contributed by atoms with van der Waals surface area (Å²) in [5, 5.41) is 0. The fourth-order valence-corrected chi connectivity index (χ4v) is 2.37. The first-order valence-corrected chi connectivity index (χ1v) is 5.58. The van der Waals surface area contributed by atoms with Crippen LogP contribution in [0.4, 0.5) is 0 Å².